The van der Waals surface area contributed by atoms with Gasteiger partial charge in [-0.2, -0.15) is 0 Å². The molecule has 0 aromatic heterocycles. The van der Waals surface area contributed by atoms with E-state index in [2.05, 4.69) is 49.2 Å². The van der Waals surface area contributed by atoms with Crippen LogP contribution in [0.1, 0.15) is 36.1 Å². The molecule has 1 heterocycles. The zero-order valence-corrected chi connectivity index (χ0v) is 13.7. The van der Waals surface area contributed by atoms with Crippen LogP contribution in [-0.2, 0) is 0 Å². The maximum absolute atomic E-state index is 3.43. The molecular weight excluding hydrogens is 279 g/mol. The van der Waals surface area contributed by atoms with E-state index in [1.165, 1.54) is 36.2 Å². The van der Waals surface area contributed by atoms with Gasteiger partial charge in [0.05, 0.1) is 0 Å². The van der Waals surface area contributed by atoms with Gasteiger partial charge < -0.3 is 5.32 Å². The van der Waals surface area contributed by atoms with Gasteiger partial charge in [-0.15, -0.1) is 24.8 Å². The van der Waals surface area contributed by atoms with Gasteiger partial charge in [0, 0.05) is 32.2 Å². The van der Waals surface area contributed by atoms with E-state index >= 15 is 0 Å². The van der Waals surface area contributed by atoms with Crippen molar-refractivity contribution in [1.29, 1.82) is 0 Å². The molecule has 1 fully saturated rings. The molecule has 2 nitrogen and oxygen atoms in total. The molecule has 1 N–H and O–H groups in total. The highest BCUT2D eigenvalue weighted by atomic mass is 35.5. The predicted molar refractivity (Wildman–Crippen MR) is 87.9 cm³/mol. The average Bonchev–Trinajstić information content (AvgIpc) is 2.36. The summed E-state index contributed by atoms with van der Waals surface area (Å²) in [5.74, 6) is 0. The molecule has 1 saturated heterocycles. The maximum atomic E-state index is 3.43. The van der Waals surface area contributed by atoms with Gasteiger partial charge in [0.2, 0.25) is 0 Å². The zero-order valence-electron chi connectivity index (χ0n) is 12.1. The predicted octanol–water partition coefficient (Wildman–Crippen LogP) is 3.50. The molecule has 1 aliphatic heterocycles. The maximum Gasteiger partial charge on any atom is 0.0349 e. The lowest BCUT2D eigenvalue weighted by Crippen LogP contribution is -2.45. The van der Waals surface area contributed by atoms with Crippen molar-refractivity contribution in [2.45, 2.75) is 33.2 Å². The third kappa shape index (κ3) is 4.64. The quantitative estimate of drug-likeness (QED) is 0.919. The molecule has 110 valence electrons. The lowest BCUT2D eigenvalue weighted by molar-refractivity contribution is 0.169. The Bertz CT molecular complexity index is 376. The summed E-state index contributed by atoms with van der Waals surface area (Å²) in [5.41, 5.74) is 4.33. The van der Waals surface area contributed by atoms with E-state index in [4.69, 9.17) is 0 Å². The number of nitrogens with zero attached hydrogens (tertiary/aromatic N) is 1. The summed E-state index contributed by atoms with van der Waals surface area (Å²) >= 11 is 0. The van der Waals surface area contributed by atoms with Crippen molar-refractivity contribution in [2.75, 3.05) is 26.2 Å². The number of halogens is 2. The van der Waals surface area contributed by atoms with Crippen LogP contribution < -0.4 is 5.32 Å². The Morgan fingerprint density at radius 3 is 2.37 bits per heavy atom. The van der Waals surface area contributed by atoms with Crippen LogP contribution in [0.15, 0.2) is 18.2 Å². The molecule has 1 atom stereocenters. The van der Waals surface area contributed by atoms with E-state index in [9.17, 15) is 0 Å². The Labute approximate surface area is 129 Å². The Morgan fingerprint density at radius 2 is 1.79 bits per heavy atom. The molecule has 19 heavy (non-hydrogen) atoms. The van der Waals surface area contributed by atoms with E-state index < -0.39 is 0 Å². The van der Waals surface area contributed by atoms with Crippen molar-refractivity contribution in [3.8, 4) is 0 Å². The van der Waals surface area contributed by atoms with Crippen molar-refractivity contribution < 1.29 is 0 Å². The van der Waals surface area contributed by atoms with Crippen LogP contribution in [0.25, 0.3) is 0 Å². The Hall–Kier alpha value is -0.280. The van der Waals surface area contributed by atoms with Gasteiger partial charge in [-0.05, 0) is 31.4 Å². The van der Waals surface area contributed by atoms with Crippen molar-refractivity contribution in [1.82, 2.24) is 10.2 Å². The fourth-order valence-corrected chi connectivity index (χ4v) is 2.79. The largest absolute Gasteiger partial charge is 0.314 e. The summed E-state index contributed by atoms with van der Waals surface area (Å²) in [7, 11) is 0. The van der Waals surface area contributed by atoms with E-state index in [0.29, 0.717) is 6.04 Å². The van der Waals surface area contributed by atoms with Gasteiger partial charge in [0.25, 0.3) is 0 Å². The van der Waals surface area contributed by atoms with Crippen LogP contribution in [0, 0.1) is 13.8 Å². The van der Waals surface area contributed by atoms with Crippen LogP contribution in [0.3, 0.4) is 0 Å². The number of rotatable bonds is 3. The molecule has 0 spiro atoms. The standard InChI is InChI=1S/C15H24N2.2ClH/c1-4-15(17-9-7-16-8-10-17)14-11-12(2)5-6-13(14)3;;/h5-6,11,15-16H,4,7-10H2,1-3H3;2*1H/t15-;;/m0../s1. The van der Waals surface area contributed by atoms with Crippen molar-refractivity contribution in [2.24, 2.45) is 0 Å². The first-order chi connectivity index (χ1) is 8.22. The van der Waals surface area contributed by atoms with Gasteiger partial charge >= 0.3 is 0 Å². The molecule has 0 saturated carbocycles. The SMILES string of the molecule is CC[C@@H](c1cc(C)ccc1C)N1CCNCC1.Cl.Cl. The van der Waals surface area contributed by atoms with E-state index in [1.807, 2.05) is 0 Å². The highest BCUT2D eigenvalue weighted by Gasteiger charge is 2.21. The van der Waals surface area contributed by atoms with Crippen LogP contribution in [0.5, 0.6) is 0 Å². The smallest absolute Gasteiger partial charge is 0.0349 e. The second-order valence-corrected chi connectivity index (χ2v) is 5.07. The normalized spacial score (nSPS) is 17.2. The summed E-state index contributed by atoms with van der Waals surface area (Å²) < 4.78 is 0. The van der Waals surface area contributed by atoms with Gasteiger partial charge in [0.15, 0.2) is 0 Å². The summed E-state index contributed by atoms with van der Waals surface area (Å²) in [6, 6.07) is 7.43. The van der Waals surface area contributed by atoms with Gasteiger partial charge in [0.1, 0.15) is 0 Å². The summed E-state index contributed by atoms with van der Waals surface area (Å²) in [4.78, 5) is 2.62. The summed E-state index contributed by atoms with van der Waals surface area (Å²) in [5, 5.41) is 3.43. The fraction of sp³-hybridized carbons (Fsp3) is 0.600. The first-order valence-electron chi connectivity index (χ1n) is 6.74. The second kappa shape index (κ2) is 8.80. The Balaban J connectivity index is 0.00000162. The topological polar surface area (TPSA) is 15.3 Å². The zero-order chi connectivity index (χ0) is 12.3. The molecule has 0 radical (unpaired) electrons. The van der Waals surface area contributed by atoms with Crippen molar-refractivity contribution >= 4 is 24.8 Å². The number of benzene rings is 1. The monoisotopic (exact) mass is 304 g/mol. The minimum atomic E-state index is 0. The summed E-state index contributed by atoms with van der Waals surface area (Å²) in [6.45, 7) is 11.3. The van der Waals surface area contributed by atoms with E-state index in [1.54, 1.807) is 0 Å². The molecule has 0 bridgehead atoms. The average molecular weight is 305 g/mol. The Kier molecular flexibility index (Phi) is 8.67. The van der Waals surface area contributed by atoms with E-state index in [0.717, 1.165) is 13.1 Å². The van der Waals surface area contributed by atoms with Gasteiger partial charge in [-0.25, -0.2) is 0 Å². The van der Waals surface area contributed by atoms with Crippen LogP contribution in [-0.4, -0.2) is 31.1 Å². The third-order valence-corrected chi connectivity index (χ3v) is 3.77. The van der Waals surface area contributed by atoms with Crippen LogP contribution in [0.2, 0.25) is 0 Å². The van der Waals surface area contributed by atoms with Gasteiger partial charge in [-0.3, -0.25) is 4.90 Å². The third-order valence-electron chi connectivity index (χ3n) is 3.77. The first kappa shape index (κ1) is 18.7. The molecule has 1 aliphatic rings. The molecule has 2 rings (SSSR count). The molecule has 4 heteroatoms. The minimum absolute atomic E-state index is 0. The first-order valence-corrected chi connectivity index (χ1v) is 6.74. The molecule has 1 aromatic rings. The number of piperazine rings is 1. The lowest BCUT2D eigenvalue weighted by Gasteiger charge is -2.35. The molecule has 0 unspecified atom stereocenters. The van der Waals surface area contributed by atoms with Crippen LogP contribution >= 0.6 is 24.8 Å². The number of aryl methyl sites for hydroxylation is 2. The summed E-state index contributed by atoms with van der Waals surface area (Å²) in [6.07, 6.45) is 1.20. The number of hydrogen-bond acceptors (Lipinski definition) is 2. The molecule has 0 aliphatic carbocycles. The molecule has 1 aromatic carbocycles. The van der Waals surface area contributed by atoms with Crippen molar-refractivity contribution in [3.05, 3.63) is 34.9 Å². The molecule has 0 amide bonds. The van der Waals surface area contributed by atoms with Crippen LogP contribution in [0.4, 0.5) is 0 Å². The Morgan fingerprint density at radius 1 is 1.16 bits per heavy atom. The van der Waals surface area contributed by atoms with Crippen molar-refractivity contribution in [3.63, 3.8) is 0 Å². The van der Waals surface area contributed by atoms with E-state index in [-0.39, 0.29) is 24.8 Å². The highest BCUT2D eigenvalue weighted by molar-refractivity contribution is 5.85. The number of hydrogen-bond donors (Lipinski definition) is 1. The van der Waals surface area contributed by atoms with Gasteiger partial charge in [-0.1, -0.05) is 30.7 Å². The number of nitrogens with one attached hydrogen (secondary N) is 1. The second-order valence-electron chi connectivity index (χ2n) is 5.07. The fourth-order valence-electron chi connectivity index (χ4n) is 2.79. The lowest BCUT2D eigenvalue weighted by atomic mass is 9.95. The minimum Gasteiger partial charge on any atom is -0.314 e. The highest BCUT2D eigenvalue weighted by Crippen LogP contribution is 2.27. The molecular formula is C15H26Cl2N2.